The van der Waals surface area contributed by atoms with E-state index < -0.39 is 0 Å². The van der Waals surface area contributed by atoms with Crippen LogP contribution in [0.3, 0.4) is 0 Å². The summed E-state index contributed by atoms with van der Waals surface area (Å²) in [6, 6.07) is 21.4. The number of hydrogen-bond donors (Lipinski definition) is 0. The van der Waals surface area contributed by atoms with Gasteiger partial charge in [-0.25, -0.2) is 0 Å². The van der Waals surface area contributed by atoms with Crippen molar-refractivity contribution in [2.45, 2.75) is 49.5 Å². The predicted octanol–water partition coefficient (Wildman–Crippen LogP) is 5.66. The first kappa shape index (κ1) is 22.5. The van der Waals surface area contributed by atoms with Crippen LogP contribution in [0, 0.1) is 0 Å². The van der Waals surface area contributed by atoms with Crippen LogP contribution in [0.15, 0.2) is 60.7 Å². The minimum atomic E-state index is 0.184. The summed E-state index contributed by atoms with van der Waals surface area (Å²) in [6.45, 7) is 4.23. The fourth-order valence-corrected chi connectivity index (χ4v) is 5.50. The van der Waals surface area contributed by atoms with Crippen LogP contribution in [0.1, 0.15) is 31.7 Å². The fourth-order valence-electron chi connectivity index (χ4n) is 4.39. The summed E-state index contributed by atoms with van der Waals surface area (Å²) in [4.78, 5) is 18.2. The normalized spacial score (nSPS) is 21.4. The number of alkyl halides is 2. The van der Waals surface area contributed by atoms with Crippen LogP contribution in [0.2, 0.25) is 0 Å². The molecule has 1 saturated carbocycles. The maximum Gasteiger partial charge on any atom is 0.228 e. The molecule has 0 aromatic heterocycles. The van der Waals surface area contributed by atoms with E-state index in [2.05, 4.69) is 91.0 Å². The highest BCUT2D eigenvalue weighted by Crippen LogP contribution is 2.36. The SMILES string of the molecule is CCN(CCc1ccccc1)C1CC(Br)CC1N(C(=O)CCBr)c1ccccc1. The van der Waals surface area contributed by atoms with E-state index in [0.717, 1.165) is 38.0 Å². The lowest BCUT2D eigenvalue weighted by Gasteiger charge is -2.38. The van der Waals surface area contributed by atoms with Crippen molar-refractivity contribution in [3.8, 4) is 0 Å². The molecule has 0 bridgehead atoms. The van der Waals surface area contributed by atoms with Crippen molar-refractivity contribution in [3.05, 3.63) is 66.2 Å². The molecule has 0 radical (unpaired) electrons. The maximum atomic E-state index is 13.1. The largest absolute Gasteiger partial charge is 0.308 e. The highest BCUT2D eigenvalue weighted by atomic mass is 79.9. The first-order valence-corrected chi connectivity index (χ1v) is 12.5. The molecule has 3 rings (SSSR count). The highest BCUT2D eigenvalue weighted by Gasteiger charge is 2.41. The van der Waals surface area contributed by atoms with Gasteiger partial charge >= 0.3 is 0 Å². The Labute approximate surface area is 191 Å². The molecule has 0 saturated heterocycles. The van der Waals surface area contributed by atoms with Gasteiger partial charge in [0.25, 0.3) is 0 Å². The first-order valence-electron chi connectivity index (χ1n) is 10.5. The van der Waals surface area contributed by atoms with E-state index in [1.807, 2.05) is 18.2 Å². The average molecular weight is 522 g/mol. The number of likely N-dealkylation sites (N-methyl/N-ethyl adjacent to an activating group) is 1. The molecule has 3 nitrogen and oxygen atoms in total. The van der Waals surface area contributed by atoms with E-state index in [1.165, 1.54) is 5.56 Å². The minimum absolute atomic E-state index is 0.184. The van der Waals surface area contributed by atoms with Gasteiger partial charge in [0.1, 0.15) is 0 Å². The molecule has 29 heavy (non-hydrogen) atoms. The molecule has 5 heteroatoms. The molecule has 156 valence electrons. The van der Waals surface area contributed by atoms with Crippen LogP contribution >= 0.6 is 31.9 Å². The molecule has 2 aromatic carbocycles. The van der Waals surface area contributed by atoms with E-state index in [0.29, 0.717) is 22.6 Å². The highest BCUT2D eigenvalue weighted by molar-refractivity contribution is 9.09. The van der Waals surface area contributed by atoms with Gasteiger partial charge in [0.2, 0.25) is 5.91 Å². The molecule has 2 aromatic rings. The van der Waals surface area contributed by atoms with Gasteiger partial charge in [0.05, 0.1) is 6.04 Å². The predicted molar refractivity (Wildman–Crippen MR) is 129 cm³/mol. The number of benzene rings is 2. The molecule has 0 N–H and O–H groups in total. The van der Waals surface area contributed by atoms with Crippen LogP contribution in [0.5, 0.6) is 0 Å². The molecule has 0 aliphatic heterocycles. The number of hydrogen-bond acceptors (Lipinski definition) is 2. The molecule has 1 aliphatic rings. The molecule has 0 heterocycles. The lowest BCUT2D eigenvalue weighted by atomic mass is 10.0. The Balaban J connectivity index is 1.82. The van der Waals surface area contributed by atoms with Crippen molar-refractivity contribution in [2.75, 3.05) is 23.3 Å². The number of para-hydroxylation sites is 1. The van der Waals surface area contributed by atoms with Gasteiger partial charge in [-0.1, -0.05) is 87.3 Å². The second-order valence-corrected chi connectivity index (χ2v) is 9.69. The van der Waals surface area contributed by atoms with Crippen molar-refractivity contribution < 1.29 is 4.79 Å². The van der Waals surface area contributed by atoms with Gasteiger partial charge in [-0.05, 0) is 43.5 Å². The van der Waals surface area contributed by atoms with Gasteiger partial charge in [-0.2, -0.15) is 0 Å². The second-order valence-electron chi connectivity index (χ2n) is 7.61. The van der Waals surface area contributed by atoms with Gasteiger partial charge < -0.3 is 4.90 Å². The molecular formula is C24H30Br2N2O. The standard InChI is InChI=1S/C24H30Br2N2O/c1-2-27(16-14-19-9-5-3-6-10-19)22-17-20(26)18-23(22)28(24(29)13-15-25)21-11-7-4-8-12-21/h3-12,20,22-23H,2,13-18H2,1H3. The zero-order valence-corrected chi connectivity index (χ0v) is 20.2. The summed E-state index contributed by atoms with van der Waals surface area (Å²) in [6.07, 6.45) is 3.60. The Morgan fingerprint density at radius 1 is 1.00 bits per heavy atom. The number of rotatable bonds is 9. The molecule has 3 atom stereocenters. The van der Waals surface area contributed by atoms with Gasteiger partial charge in [0, 0.05) is 34.9 Å². The Bertz CT molecular complexity index is 756. The molecule has 1 aliphatic carbocycles. The van der Waals surface area contributed by atoms with Gasteiger partial charge in [0.15, 0.2) is 0 Å². The Morgan fingerprint density at radius 2 is 1.62 bits per heavy atom. The van der Waals surface area contributed by atoms with Crippen molar-refractivity contribution in [3.63, 3.8) is 0 Å². The topological polar surface area (TPSA) is 23.6 Å². The molecule has 3 unspecified atom stereocenters. The first-order chi connectivity index (χ1) is 14.1. The number of nitrogens with zero attached hydrogens (tertiary/aromatic N) is 2. The number of carbonyl (C=O) groups is 1. The zero-order valence-electron chi connectivity index (χ0n) is 17.0. The maximum absolute atomic E-state index is 13.1. The lowest BCUT2D eigenvalue weighted by Crippen LogP contribution is -2.52. The van der Waals surface area contributed by atoms with E-state index >= 15 is 0 Å². The van der Waals surface area contributed by atoms with E-state index in [1.54, 1.807) is 0 Å². The quantitative estimate of drug-likeness (QED) is 0.397. The van der Waals surface area contributed by atoms with E-state index in [4.69, 9.17) is 0 Å². The van der Waals surface area contributed by atoms with Gasteiger partial charge in [-0.15, -0.1) is 0 Å². The zero-order chi connectivity index (χ0) is 20.6. The van der Waals surface area contributed by atoms with Crippen LogP contribution in [-0.4, -0.2) is 46.1 Å². The van der Waals surface area contributed by atoms with Crippen molar-refractivity contribution >= 4 is 43.5 Å². The van der Waals surface area contributed by atoms with Crippen molar-refractivity contribution in [1.29, 1.82) is 0 Å². The molecular weight excluding hydrogens is 492 g/mol. The third kappa shape index (κ3) is 5.93. The van der Waals surface area contributed by atoms with Gasteiger partial charge in [-0.3, -0.25) is 9.69 Å². The number of anilines is 1. The molecule has 1 fully saturated rings. The number of amides is 1. The number of halogens is 2. The van der Waals surface area contributed by atoms with Crippen LogP contribution in [-0.2, 0) is 11.2 Å². The van der Waals surface area contributed by atoms with Crippen LogP contribution in [0.4, 0.5) is 5.69 Å². The minimum Gasteiger partial charge on any atom is -0.308 e. The van der Waals surface area contributed by atoms with Crippen molar-refractivity contribution in [2.24, 2.45) is 0 Å². The molecule has 0 spiro atoms. The Morgan fingerprint density at radius 3 is 2.24 bits per heavy atom. The second kappa shape index (κ2) is 11.3. The smallest absolute Gasteiger partial charge is 0.228 e. The third-order valence-corrected chi connectivity index (χ3v) is 6.93. The van der Waals surface area contributed by atoms with Crippen LogP contribution < -0.4 is 4.90 Å². The summed E-state index contributed by atoms with van der Waals surface area (Å²) in [5, 5.41) is 0.690. The lowest BCUT2D eigenvalue weighted by molar-refractivity contribution is -0.118. The van der Waals surface area contributed by atoms with E-state index in [-0.39, 0.29) is 11.9 Å². The van der Waals surface area contributed by atoms with Crippen LogP contribution in [0.25, 0.3) is 0 Å². The molecule has 1 amide bonds. The average Bonchev–Trinajstić information content (AvgIpc) is 3.11. The monoisotopic (exact) mass is 520 g/mol. The summed E-state index contributed by atoms with van der Waals surface area (Å²) >= 11 is 7.32. The van der Waals surface area contributed by atoms with E-state index in [9.17, 15) is 4.79 Å². The summed E-state index contributed by atoms with van der Waals surface area (Å²) < 4.78 is 0. The Hall–Kier alpha value is -1.17. The fraction of sp³-hybridized carbons (Fsp3) is 0.458. The summed E-state index contributed by atoms with van der Waals surface area (Å²) in [7, 11) is 0. The van der Waals surface area contributed by atoms with Crippen molar-refractivity contribution in [1.82, 2.24) is 4.90 Å². The third-order valence-electron chi connectivity index (χ3n) is 5.79. The summed E-state index contributed by atoms with van der Waals surface area (Å²) in [5.41, 5.74) is 2.38. The number of carbonyl (C=O) groups excluding carboxylic acids is 1. The summed E-state index contributed by atoms with van der Waals surface area (Å²) in [5.74, 6) is 0.198. The Kier molecular flexibility index (Phi) is 8.76.